The quantitative estimate of drug-likeness (QED) is 0.195. The standard InChI is InChI=1S/C36H48N4O7S/c1-26(2)19-36(43)40(38-35(42)23-37-22-29-13-9-6-10-14-29)31(20-28-11-7-5-8-12-28)32(41)25-39(24-27(3)4)48(44,45)30-15-16-33-34(21-30)47-18-17-46-33/h5-16,21,26-27,31-32,37,41H,17-20,22-25H2,1-4H3,(H,38,42)/t31-,32+/m0/s1. The fraction of sp³-hybridized carbons (Fsp3) is 0.444. The average molecular weight is 681 g/mol. The van der Waals surface area contributed by atoms with Gasteiger partial charge in [-0.15, -0.1) is 0 Å². The van der Waals surface area contributed by atoms with Crippen molar-refractivity contribution in [3.63, 3.8) is 0 Å². The molecule has 4 rings (SSSR count). The summed E-state index contributed by atoms with van der Waals surface area (Å²) in [6.45, 7) is 8.42. The van der Waals surface area contributed by atoms with Crippen LogP contribution in [0.15, 0.2) is 83.8 Å². The maximum absolute atomic E-state index is 14.1. The summed E-state index contributed by atoms with van der Waals surface area (Å²) in [5, 5.41) is 16.2. The van der Waals surface area contributed by atoms with Crippen molar-refractivity contribution < 1.29 is 32.6 Å². The first-order valence-electron chi connectivity index (χ1n) is 16.4. The Kier molecular flexibility index (Phi) is 13.4. The molecule has 0 fully saturated rings. The maximum atomic E-state index is 14.1. The van der Waals surface area contributed by atoms with Crippen LogP contribution in [-0.4, -0.2) is 79.6 Å². The first-order valence-corrected chi connectivity index (χ1v) is 17.9. The molecule has 260 valence electrons. The van der Waals surface area contributed by atoms with Crippen molar-refractivity contribution in [1.82, 2.24) is 20.1 Å². The number of carbonyl (C=O) groups excluding carboxylic acids is 2. The Morgan fingerprint density at radius 3 is 2.08 bits per heavy atom. The van der Waals surface area contributed by atoms with Crippen LogP contribution >= 0.6 is 0 Å². The summed E-state index contributed by atoms with van der Waals surface area (Å²) in [6.07, 6.45) is -1.09. The zero-order valence-electron chi connectivity index (χ0n) is 28.2. The first kappa shape index (κ1) is 36.9. The molecule has 0 aliphatic carbocycles. The lowest BCUT2D eigenvalue weighted by Crippen LogP contribution is -2.60. The number of nitrogens with zero attached hydrogens (tertiary/aromatic N) is 2. The van der Waals surface area contributed by atoms with Crippen molar-refractivity contribution in [2.45, 2.75) is 64.1 Å². The summed E-state index contributed by atoms with van der Waals surface area (Å²) < 4.78 is 40.6. The third-order valence-corrected chi connectivity index (χ3v) is 9.56. The number of hydrazine groups is 1. The minimum absolute atomic E-state index is 0.00439. The normalized spacial score (nSPS) is 14.2. The van der Waals surface area contributed by atoms with E-state index in [-0.39, 0.29) is 55.1 Å². The highest BCUT2D eigenvalue weighted by Gasteiger charge is 2.36. The number of fused-ring (bicyclic) bond motifs is 1. The summed E-state index contributed by atoms with van der Waals surface area (Å²) >= 11 is 0. The van der Waals surface area contributed by atoms with Gasteiger partial charge in [-0.3, -0.25) is 15.0 Å². The highest BCUT2D eigenvalue weighted by atomic mass is 32.2. The van der Waals surface area contributed by atoms with Gasteiger partial charge in [-0.25, -0.2) is 13.4 Å². The van der Waals surface area contributed by atoms with Crippen LogP contribution in [0.2, 0.25) is 0 Å². The lowest BCUT2D eigenvalue weighted by molar-refractivity contribution is -0.148. The second-order valence-electron chi connectivity index (χ2n) is 12.8. The van der Waals surface area contributed by atoms with Gasteiger partial charge in [0.2, 0.25) is 15.9 Å². The fourth-order valence-corrected chi connectivity index (χ4v) is 7.10. The Bertz CT molecular complexity index is 1590. The number of amides is 2. The Morgan fingerprint density at radius 1 is 0.833 bits per heavy atom. The molecule has 0 aromatic heterocycles. The van der Waals surface area contributed by atoms with Gasteiger partial charge in [0.15, 0.2) is 11.5 Å². The zero-order chi connectivity index (χ0) is 34.7. The molecule has 48 heavy (non-hydrogen) atoms. The zero-order valence-corrected chi connectivity index (χ0v) is 29.0. The Balaban J connectivity index is 1.62. The molecule has 0 spiro atoms. The molecule has 11 nitrogen and oxygen atoms in total. The SMILES string of the molecule is CC(C)CC(=O)N(NC(=O)CNCc1ccccc1)[C@@H](Cc1ccccc1)[C@H](O)CN(CC(C)C)S(=O)(=O)c1ccc2c(c1)OCCO2. The number of aliphatic hydroxyl groups excluding tert-OH is 1. The van der Waals surface area contributed by atoms with Gasteiger partial charge in [0.25, 0.3) is 5.91 Å². The van der Waals surface area contributed by atoms with E-state index < -0.39 is 28.1 Å². The molecule has 1 aliphatic rings. The van der Waals surface area contributed by atoms with E-state index in [0.717, 1.165) is 11.1 Å². The number of benzene rings is 3. The highest BCUT2D eigenvalue weighted by Crippen LogP contribution is 2.33. The molecule has 2 amide bonds. The van der Waals surface area contributed by atoms with E-state index in [9.17, 15) is 23.1 Å². The van der Waals surface area contributed by atoms with E-state index in [1.165, 1.54) is 21.4 Å². The summed E-state index contributed by atoms with van der Waals surface area (Å²) in [7, 11) is -4.12. The summed E-state index contributed by atoms with van der Waals surface area (Å²) in [5.41, 5.74) is 4.56. The van der Waals surface area contributed by atoms with Crippen LogP contribution in [0.25, 0.3) is 0 Å². The summed E-state index contributed by atoms with van der Waals surface area (Å²) in [5.74, 6) is -0.153. The minimum atomic E-state index is -4.12. The van der Waals surface area contributed by atoms with Gasteiger partial charge in [0.1, 0.15) is 13.2 Å². The summed E-state index contributed by atoms with van der Waals surface area (Å²) in [6, 6.07) is 22.4. The van der Waals surface area contributed by atoms with Gasteiger partial charge in [0, 0.05) is 32.1 Å². The number of hydrogen-bond donors (Lipinski definition) is 3. The number of aliphatic hydroxyl groups is 1. The van der Waals surface area contributed by atoms with Crippen molar-refractivity contribution in [3.8, 4) is 11.5 Å². The summed E-state index contributed by atoms with van der Waals surface area (Å²) in [4.78, 5) is 27.0. The molecule has 1 aliphatic heterocycles. The van der Waals surface area contributed by atoms with Crippen molar-refractivity contribution in [1.29, 1.82) is 0 Å². The molecule has 0 bridgehead atoms. The lowest BCUT2D eigenvalue weighted by Gasteiger charge is -2.37. The second kappa shape index (κ2) is 17.4. The molecule has 0 saturated carbocycles. The van der Waals surface area contributed by atoms with Crippen LogP contribution in [0.4, 0.5) is 0 Å². The van der Waals surface area contributed by atoms with Gasteiger partial charge >= 0.3 is 0 Å². The van der Waals surface area contributed by atoms with Crippen molar-refractivity contribution >= 4 is 21.8 Å². The molecule has 0 saturated heterocycles. The van der Waals surface area contributed by atoms with Crippen LogP contribution in [0, 0.1) is 11.8 Å². The first-order chi connectivity index (χ1) is 22.9. The van der Waals surface area contributed by atoms with E-state index in [1.54, 1.807) is 6.07 Å². The van der Waals surface area contributed by atoms with Gasteiger partial charge in [-0.05, 0) is 41.5 Å². The molecule has 12 heteroatoms. The number of sulfonamides is 1. The molecule has 3 N–H and O–H groups in total. The van der Waals surface area contributed by atoms with E-state index in [2.05, 4.69) is 10.7 Å². The third-order valence-electron chi connectivity index (χ3n) is 7.73. The van der Waals surface area contributed by atoms with E-state index in [1.807, 2.05) is 88.4 Å². The number of nitrogens with one attached hydrogen (secondary N) is 2. The van der Waals surface area contributed by atoms with Crippen LogP contribution < -0.4 is 20.2 Å². The Labute approximate surface area is 284 Å². The van der Waals surface area contributed by atoms with Crippen molar-refractivity contribution in [2.75, 3.05) is 32.8 Å². The smallest absolute Gasteiger partial charge is 0.252 e. The minimum Gasteiger partial charge on any atom is -0.486 e. The molecule has 0 unspecified atom stereocenters. The molecule has 1 heterocycles. The third kappa shape index (κ3) is 10.5. The second-order valence-corrected chi connectivity index (χ2v) is 14.8. The van der Waals surface area contributed by atoms with Crippen LogP contribution in [0.1, 0.15) is 45.2 Å². The maximum Gasteiger partial charge on any atom is 0.252 e. The van der Waals surface area contributed by atoms with Crippen molar-refractivity contribution in [2.24, 2.45) is 11.8 Å². The molecule has 0 radical (unpaired) electrons. The monoisotopic (exact) mass is 680 g/mol. The van der Waals surface area contributed by atoms with E-state index in [4.69, 9.17) is 9.47 Å². The van der Waals surface area contributed by atoms with Gasteiger partial charge in [0.05, 0.1) is 23.6 Å². The highest BCUT2D eigenvalue weighted by molar-refractivity contribution is 7.89. The van der Waals surface area contributed by atoms with Gasteiger partial charge in [-0.2, -0.15) is 4.31 Å². The molecule has 3 aromatic rings. The van der Waals surface area contributed by atoms with E-state index >= 15 is 0 Å². The Hall–Kier alpha value is -3.97. The number of rotatable bonds is 16. The number of hydrogen-bond acceptors (Lipinski definition) is 8. The topological polar surface area (TPSA) is 138 Å². The van der Waals surface area contributed by atoms with Gasteiger partial charge < -0.3 is 19.9 Å². The molecule has 2 atom stereocenters. The molecule has 3 aromatic carbocycles. The Morgan fingerprint density at radius 2 is 1.46 bits per heavy atom. The average Bonchev–Trinajstić information content (AvgIpc) is 3.06. The molecular weight excluding hydrogens is 632 g/mol. The van der Waals surface area contributed by atoms with Crippen LogP contribution in [0.3, 0.4) is 0 Å². The van der Waals surface area contributed by atoms with Crippen LogP contribution in [0.5, 0.6) is 11.5 Å². The van der Waals surface area contributed by atoms with Crippen molar-refractivity contribution in [3.05, 3.63) is 90.0 Å². The lowest BCUT2D eigenvalue weighted by atomic mass is 9.99. The predicted octanol–water partition coefficient (Wildman–Crippen LogP) is 3.77. The van der Waals surface area contributed by atoms with E-state index in [0.29, 0.717) is 31.3 Å². The number of ether oxygens (including phenoxy) is 2. The van der Waals surface area contributed by atoms with Crippen LogP contribution in [-0.2, 0) is 32.6 Å². The van der Waals surface area contributed by atoms with Gasteiger partial charge in [-0.1, -0.05) is 88.4 Å². The predicted molar refractivity (Wildman–Crippen MR) is 184 cm³/mol. The molecular formula is C36H48N4O7S. The largest absolute Gasteiger partial charge is 0.486 e. The fourth-order valence-electron chi connectivity index (χ4n) is 5.46. The number of carbonyl (C=O) groups is 2.